The van der Waals surface area contributed by atoms with Gasteiger partial charge in [0.15, 0.2) is 46.0 Å². The Labute approximate surface area is 423 Å². The number of ether oxygens (including phenoxy) is 6. The SMILES string of the molecule is COc1ccc(OP(Oc2ccc(OC)cc2OC)Oc2c(Sc3cc(C)cc(C(C)(C)C)c3OP(Oc3ccc(C=O)cc3OC)Oc3ccc(C=O)cc3OC)cc(C)cc2C(C)(C)C)c(OC)c1. The second kappa shape index (κ2) is 23.6. The molecular weight excluding hydrogens is 967 g/mol. The number of benzene rings is 6. The first kappa shape index (κ1) is 53.8. The molecule has 0 aromatic heterocycles. The smallest absolute Gasteiger partial charge is 0.497 e. The van der Waals surface area contributed by atoms with E-state index >= 15 is 0 Å². The van der Waals surface area contributed by atoms with Crippen LogP contribution in [0.5, 0.6) is 69.0 Å². The lowest BCUT2D eigenvalue weighted by molar-refractivity contribution is 0.111. The molecule has 17 heteroatoms. The molecule has 6 rings (SSSR count). The minimum atomic E-state index is -2.41. The molecule has 0 saturated carbocycles. The molecule has 0 aliphatic carbocycles. The van der Waals surface area contributed by atoms with Gasteiger partial charge in [-0.1, -0.05) is 65.4 Å². The summed E-state index contributed by atoms with van der Waals surface area (Å²) < 4.78 is 74.5. The molecule has 0 atom stereocenters. The topological polar surface area (TPSA) is 145 Å². The Hall–Kier alpha value is -6.53. The van der Waals surface area contributed by atoms with E-state index < -0.39 is 28.0 Å². The summed E-state index contributed by atoms with van der Waals surface area (Å²) in [6.07, 6.45) is 1.43. The quantitative estimate of drug-likeness (QED) is 0.0469. The van der Waals surface area contributed by atoms with E-state index in [1.807, 2.05) is 26.0 Å². The van der Waals surface area contributed by atoms with Crippen LogP contribution in [0.1, 0.15) is 84.5 Å². The highest BCUT2D eigenvalue weighted by Gasteiger charge is 2.34. The molecule has 0 saturated heterocycles. The first-order valence-electron chi connectivity index (χ1n) is 22.2. The van der Waals surface area contributed by atoms with Crippen molar-refractivity contribution in [3.63, 3.8) is 0 Å². The van der Waals surface area contributed by atoms with Crippen molar-refractivity contribution in [2.24, 2.45) is 0 Å². The number of methoxy groups -OCH3 is 6. The third kappa shape index (κ3) is 13.5. The summed E-state index contributed by atoms with van der Waals surface area (Å²) in [6, 6.07) is 28.2. The zero-order valence-electron chi connectivity index (χ0n) is 42.4. The van der Waals surface area contributed by atoms with Gasteiger partial charge in [-0.05, 0) is 109 Å². The van der Waals surface area contributed by atoms with Crippen molar-refractivity contribution >= 4 is 41.5 Å². The van der Waals surface area contributed by atoms with Crippen molar-refractivity contribution in [3.05, 3.63) is 130 Å². The molecule has 6 aromatic rings. The van der Waals surface area contributed by atoms with Gasteiger partial charge in [0, 0.05) is 34.4 Å². The molecule has 0 bridgehead atoms. The van der Waals surface area contributed by atoms with Crippen LogP contribution in [0, 0.1) is 13.8 Å². The number of hydrogen-bond donors (Lipinski definition) is 0. The van der Waals surface area contributed by atoms with E-state index in [0.29, 0.717) is 62.0 Å². The van der Waals surface area contributed by atoms with E-state index in [1.54, 1.807) is 101 Å². The van der Waals surface area contributed by atoms with Crippen molar-refractivity contribution in [3.8, 4) is 69.0 Å². The molecule has 14 nitrogen and oxygen atoms in total. The van der Waals surface area contributed by atoms with Crippen LogP contribution in [0.3, 0.4) is 0 Å². The molecule has 71 heavy (non-hydrogen) atoms. The Morgan fingerprint density at radius 2 is 0.718 bits per heavy atom. The van der Waals surface area contributed by atoms with Crippen LogP contribution in [0.25, 0.3) is 0 Å². The summed E-state index contributed by atoms with van der Waals surface area (Å²) in [7, 11) is 4.43. The molecule has 376 valence electrons. The highest BCUT2D eigenvalue weighted by Crippen LogP contribution is 2.56. The zero-order valence-corrected chi connectivity index (χ0v) is 45.0. The maximum absolute atomic E-state index is 11.8. The highest BCUT2D eigenvalue weighted by molar-refractivity contribution is 7.99. The van der Waals surface area contributed by atoms with Crippen molar-refractivity contribution in [1.82, 2.24) is 0 Å². The fraction of sp³-hybridized carbons (Fsp3) is 0.296. The Morgan fingerprint density at radius 1 is 0.394 bits per heavy atom. The molecule has 0 fully saturated rings. The minimum Gasteiger partial charge on any atom is -0.497 e. The molecule has 0 amide bonds. The highest BCUT2D eigenvalue weighted by atomic mass is 32.2. The van der Waals surface area contributed by atoms with E-state index in [2.05, 4.69) is 53.7 Å². The molecule has 0 radical (unpaired) electrons. The van der Waals surface area contributed by atoms with Crippen LogP contribution in [0.2, 0.25) is 0 Å². The molecule has 0 heterocycles. The van der Waals surface area contributed by atoms with Crippen molar-refractivity contribution in [2.75, 3.05) is 42.7 Å². The van der Waals surface area contributed by atoms with E-state index in [0.717, 1.165) is 39.7 Å². The Bertz CT molecular complexity index is 2720. The van der Waals surface area contributed by atoms with Crippen LogP contribution >= 0.6 is 29.0 Å². The van der Waals surface area contributed by atoms with Crippen LogP contribution in [0.15, 0.2) is 107 Å². The van der Waals surface area contributed by atoms with Crippen molar-refractivity contribution in [2.45, 2.75) is 76.0 Å². The molecule has 0 unspecified atom stereocenters. The summed E-state index contributed by atoms with van der Waals surface area (Å²) in [5.41, 5.74) is 3.50. The van der Waals surface area contributed by atoms with Gasteiger partial charge in [-0.2, -0.15) is 0 Å². The molecular formula is C54H60O14P2S. The largest absolute Gasteiger partial charge is 0.530 e. The van der Waals surface area contributed by atoms with E-state index in [4.69, 9.17) is 55.6 Å². The second-order valence-electron chi connectivity index (χ2n) is 18.0. The lowest BCUT2D eigenvalue weighted by Gasteiger charge is -2.29. The number of hydrogen-bond acceptors (Lipinski definition) is 15. The normalized spacial score (nSPS) is 11.4. The minimum absolute atomic E-state index is 0.255. The monoisotopic (exact) mass is 1030 g/mol. The van der Waals surface area contributed by atoms with Gasteiger partial charge in [0.05, 0.1) is 52.4 Å². The number of aldehydes is 2. The summed E-state index contributed by atoms with van der Waals surface area (Å²) >= 11 is 1.43. The molecule has 0 aliphatic heterocycles. The summed E-state index contributed by atoms with van der Waals surface area (Å²) in [4.78, 5) is 25.0. The second-order valence-corrected chi connectivity index (χ2v) is 21.0. The van der Waals surface area contributed by atoms with E-state index in [1.165, 1.54) is 26.0 Å². The van der Waals surface area contributed by atoms with E-state index in [-0.39, 0.29) is 23.0 Å². The van der Waals surface area contributed by atoms with Gasteiger partial charge in [0.1, 0.15) is 35.6 Å². The van der Waals surface area contributed by atoms with E-state index in [9.17, 15) is 9.59 Å². The van der Waals surface area contributed by atoms with Crippen LogP contribution in [-0.2, 0) is 10.8 Å². The summed E-state index contributed by atoms with van der Waals surface area (Å²) in [6.45, 7) is 16.7. The van der Waals surface area contributed by atoms with Gasteiger partial charge < -0.3 is 55.6 Å². The van der Waals surface area contributed by atoms with Gasteiger partial charge in [0.2, 0.25) is 0 Å². The predicted molar refractivity (Wildman–Crippen MR) is 277 cm³/mol. The fourth-order valence-corrected chi connectivity index (χ4v) is 10.5. The van der Waals surface area contributed by atoms with Crippen LogP contribution in [0.4, 0.5) is 0 Å². The van der Waals surface area contributed by atoms with Gasteiger partial charge in [-0.3, -0.25) is 9.59 Å². The Kier molecular flexibility index (Phi) is 17.9. The molecule has 0 N–H and O–H groups in total. The summed E-state index contributed by atoms with van der Waals surface area (Å²) in [5.74, 6) is 4.66. The Balaban J connectivity index is 1.54. The number of rotatable bonds is 22. The third-order valence-electron chi connectivity index (χ3n) is 10.6. The first-order chi connectivity index (χ1) is 33.8. The van der Waals surface area contributed by atoms with Gasteiger partial charge >= 0.3 is 17.2 Å². The zero-order chi connectivity index (χ0) is 51.6. The molecule has 0 spiro atoms. The number of carbonyl (C=O) groups is 2. The van der Waals surface area contributed by atoms with Gasteiger partial charge in [0.25, 0.3) is 0 Å². The fourth-order valence-electron chi connectivity index (χ4n) is 7.00. The molecule has 0 aliphatic rings. The average Bonchev–Trinajstić information content (AvgIpc) is 3.34. The van der Waals surface area contributed by atoms with Crippen molar-refractivity contribution in [1.29, 1.82) is 0 Å². The van der Waals surface area contributed by atoms with Crippen LogP contribution in [-0.4, -0.2) is 55.2 Å². The summed E-state index contributed by atoms with van der Waals surface area (Å²) in [5, 5.41) is 0. The molecule has 6 aromatic carbocycles. The standard InChI is InChI=1S/C54H60O14P2S/c1-33-23-39(53(3,4)5)51(67-69(63-41-19-15-35(31-55)27-45(41)59-11)64-42-20-16-36(32-56)28-46(42)60-12)49(25-33)71-50-26-34(2)24-40(54(6,7)8)52(50)68-70(65-43-21-17-37(57-9)29-47(43)61-13)66-44-22-18-38(58-10)30-48(44)62-14/h15-32H,1-14H3. The number of carbonyl (C=O) groups excluding carboxylic acids is 2. The lowest BCUT2D eigenvalue weighted by atomic mass is 9.85. The van der Waals surface area contributed by atoms with Gasteiger partial charge in [-0.25, -0.2) is 0 Å². The maximum Gasteiger partial charge on any atom is 0.530 e. The maximum atomic E-state index is 11.8. The lowest BCUT2D eigenvalue weighted by Crippen LogP contribution is -2.16. The number of aryl methyl sites for hydroxylation is 2. The predicted octanol–water partition coefficient (Wildman–Crippen LogP) is 14.3. The third-order valence-corrected chi connectivity index (χ3v) is 13.7. The van der Waals surface area contributed by atoms with Gasteiger partial charge in [-0.15, -0.1) is 0 Å². The average molecular weight is 1030 g/mol. The van der Waals surface area contributed by atoms with Crippen molar-refractivity contribution < 1.29 is 65.2 Å². The Morgan fingerprint density at radius 3 is 1.01 bits per heavy atom. The van der Waals surface area contributed by atoms with Crippen LogP contribution < -0.4 is 55.6 Å². The first-order valence-corrected chi connectivity index (χ1v) is 25.2.